The first kappa shape index (κ1) is 14.1. The Morgan fingerprint density at radius 2 is 2.16 bits per heavy atom. The average molecular weight is 303 g/mol. The molecule has 1 aromatic carbocycles. The number of carbonyl (C=O) groups is 1. The van der Waals surface area contributed by atoms with E-state index in [1.807, 2.05) is 0 Å². The maximum atomic E-state index is 11.6. The summed E-state index contributed by atoms with van der Waals surface area (Å²) in [5.41, 5.74) is 1.16. The average Bonchev–Trinajstić information content (AvgIpc) is 2.75. The Balaban J connectivity index is 2.18. The van der Waals surface area contributed by atoms with Gasteiger partial charge in [-0.05, 0) is 24.6 Å². The summed E-state index contributed by atoms with van der Waals surface area (Å²) in [7, 11) is -3.42. The molecule has 1 N–H and O–H groups in total. The molecule has 1 heterocycles. The number of amides is 1. The Bertz CT molecular complexity index is 574. The third-order valence-electron chi connectivity index (χ3n) is 2.85. The van der Waals surface area contributed by atoms with Gasteiger partial charge in [-0.2, -0.15) is 0 Å². The smallest absolute Gasteiger partial charge is 0.233 e. The summed E-state index contributed by atoms with van der Waals surface area (Å²) < 4.78 is 25.7. The highest BCUT2D eigenvalue weighted by molar-refractivity contribution is 7.92. The van der Waals surface area contributed by atoms with Crippen molar-refractivity contribution in [3.8, 4) is 0 Å². The van der Waals surface area contributed by atoms with E-state index in [1.165, 1.54) is 0 Å². The summed E-state index contributed by atoms with van der Waals surface area (Å²) in [4.78, 5) is 13.3. The molecule has 0 atom stereocenters. The number of nitrogens with zero attached hydrogens (tertiary/aromatic N) is 1. The number of nitrogens with one attached hydrogen (secondary N) is 1. The Hall–Kier alpha value is -1.27. The summed E-state index contributed by atoms with van der Waals surface area (Å²) in [6.07, 6.45) is 1.38. The third-order valence-corrected chi connectivity index (χ3v) is 4.55. The monoisotopic (exact) mass is 302 g/mol. The van der Waals surface area contributed by atoms with Crippen LogP contribution in [0.4, 0.5) is 11.4 Å². The minimum atomic E-state index is -3.42. The largest absolute Gasteiger partial charge is 0.312 e. The number of alkyl halides is 1. The number of hydrogen-bond acceptors (Lipinski definition) is 3. The van der Waals surface area contributed by atoms with Gasteiger partial charge in [0.1, 0.15) is 0 Å². The molecule has 5 nitrogen and oxygen atoms in total. The molecule has 0 bridgehead atoms. The van der Waals surface area contributed by atoms with Crippen LogP contribution in [0, 0.1) is 0 Å². The van der Waals surface area contributed by atoms with Gasteiger partial charge in [0.15, 0.2) is 0 Å². The maximum absolute atomic E-state index is 11.6. The highest BCUT2D eigenvalue weighted by Crippen LogP contribution is 2.24. The van der Waals surface area contributed by atoms with Crippen molar-refractivity contribution in [2.24, 2.45) is 0 Å². The zero-order valence-electron chi connectivity index (χ0n) is 10.3. The van der Waals surface area contributed by atoms with Crippen LogP contribution < -0.4 is 9.62 Å². The Labute approximate surface area is 117 Å². The van der Waals surface area contributed by atoms with Gasteiger partial charge in [0.25, 0.3) is 0 Å². The third kappa shape index (κ3) is 3.61. The minimum Gasteiger partial charge on any atom is -0.312 e. The molecule has 7 heteroatoms. The van der Waals surface area contributed by atoms with Gasteiger partial charge < -0.3 is 4.90 Å². The van der Waals surface area contributed by atoms with Crippen molar-refractivity contribution in [2.45, 2.75) is 12.8 Å². The molecule has 0 unspecified atom stereocenters. The van der Waals surface area contributed by atoms with Gasteiger partial charge in [-0.15, -0.1) is 11.6 Å². The van der Waals surface area contributed by atoms with Crippen LogP contribution in [0.15, 0.2) is 24.3 Å². The van der Waals surface area contributed by atoms with Crippen LogP contribution >= 0.6 is 11.6 Å². The SMILES string of the molecule is O=C1CCCN1c1cccc(NS(=O)(=O)CCCl)c1. The Morgan fingerprint density at radius 1 is 1.37 bits per heavy atom. The van der Waals surface area contributed by atoms with Crippen molar-refractivity contribution in [3.05, 3.63) is 24.3 Å². The van der Waals surface area contributed by atoms with Crippen molar-refractivity contribution >= 4 is 38.9 Å². The summed E-state index contributed by atoms with van der Waals surface area (Å²) in [5.74, 6) is -0.0260. The quantitative estimate of drug-likeness (QED) is 0.843. The van der Waals surface area contributed by atoms with Gasteiger partial charge in [0, 0.05) is 24.5 Å². The van der Waals surface area contributed by atoms with E-state index in [4.69, 9.17) is 11.6 Å². The van der Waals surface area contributed by atoms with Gasteiger partial charge in [0.2, 0.25) is 15.9 Å². The highest BCUT2D eigenvalue weighted by atomic mass is 35.5. The number of halogens is 1. The second-order valence-electron chi connectivity index (χ2n) is 4.31. The van der Waals surface area contributed by atoms with Crippen molar-refractivity contribution < 1.29 is 13.2 Å². The van der Waals surface area contributed by atoms with Crippen LogP contribution in [0.2, 0.25) is 0 Å². The summed E-state index contributed by atoms with van der Waals surface area (Å²) >= 11 is 5.43. The van der Waals surface area contributed by atoms with E-state index in [0.717, 1.165) is 6.42 Å². The molecule has 0 aromatic heterocycles. The normalized spacial score (nSPS) is 15.8. The fourth-order valence-electron chi connectivity index (χ4n) is 1.99. The van der Waals surface area contributed by atoms with Gasteiger partial charge in [0.05, 0.1) is 11.4 Å². The lowest BCUT2D eigenvalue weighted by molar-refractivity contribution is -0.117. The van der Waals surface area contributed by atoms with E-state index in [-0.39, 0.29) is 17.5 Å². The van der Waals surface area contributed by atoms with Crippen LogP contribution in [-0.4, -0.2) is 32.5 Å². The summed E-state index contributed by atoms with van der Waals surface area (Å²) in [6, 6.07) is 6.83. The van der Waals surface area contributed by atoms with Crippen molar-refractivity contribution in [2.75, 3.05) is 27.8 Å². The van der Waals surface area contributed by atoms with Crippen LogP contribution in [0.5, 0.6) is 0 Å². The second-order valence-corrected chi connectivity index (χ2v) is 6.53. The number of carbonyl (C=O) groups excluding carboxylic acids is 1. The van der Waals surface area contributed by atoms with Gasteiger partial charge >= 0.3 is 0 Å². The fourth-order valence-corrected chi connectivity index (χ4v) is 3.39. The molecule has 0 radical (unpaired) electrons. The number of benzene rings is 1. The highest BCUT2D eigenvalue weighted by Gasteiger charge is 2.22. The molecule has 104 valence electrons. The zero-order valence-corrected chi connectivity index (χ0v) is 11.9. The van der Waals surface area contributed by atoms with Crippen molar-refractivity contribution in [1.29, 1.82) is 0 Å². The number of sulfonamides is 1. The fraction of sp³-hybridized carbons (Fsp3) is 0.417. The van der Waals surface area contributed by atoms with Crippen LogP contribution in [-0.2, 0) is 14.8 Å². The molecule has 0 saturated carbocycles. The van der Waals surface area contributed by atoms with Crippen LogP contribution in [0.3, 0.4) is 0 Å². The van der Waals surface area contributed by atoms with E-state index in [2.05, 4.69) is 4.72 Å². The first-order valence-electron chi connectivity index (χ1n) is 5.99. The molecule has 1 aliphatic heterocycles. The lowest BCUT2D eigenvalue weighted by atomic mass is 10.2. The maximum Gasteiger partial charge on any atom is 0.233 e. The zero-order chi connectivity index (χ0) is 13.9. The van der Waals surface area contributed by atoms with Crippen molar-refractivity contribution in [3.63, 3.8) is 0 Å². The van der Waals surface area contributed by atoms with E-state index >= 15 is 0 Å². The predicted molar refractivity (Wildman–Crippen MR) is 76.2 cm³/mol. The molecule has 0 spiro atoms. The number of anilines is 2. The molecular formula is C12H15ClN2O3S. The Kier molecular flexibility index (Phi) is 4.31. The molecule has 1 fully saturated rings. The molecule has 1 amide bonds. The van der Waals surface area contributed by atoms with Gasteiger partial charge in [-0.25, -0.2) is 8.42 Å². The molecule has 1 aliphatic rings. The minimum absolute atomic E-state index is 0.0413. The molecular weight excluding hydrogens is 288 g/mol. The topological polar surface area (TPSA) is 66.5 Å². The molecule has 1 aromatic rings. The van der Waals surface area contributed by atoms with Crippen molar-refractivity contribution in [1.82, 2.24) is 0 Å². The van der Waals surface area contributed by atoms with E-state index in [0.29, 0.717) is 24.3 Å². The van der Waals surface area contributed by atoms with E-state index < -0.39 is 10.0 Å². The first-order chi connectivity index (χ1) is 9.02. The lowest BCUT2D eigenvalue weighted by Crippen LogP contribution is -2.24. The summed E-state index contributed by atoms with van der Waals surface area (Å²) in [6.45, 7) is 0.677. The molecule has 1 saturated heterocycles. The Morgan fingerprint density at radius 3 is 2.79 bits per heavy atom. The van der Waals surface area contributed by atoms with E-state index in [9.17, 15) is 13.2 Å². The summed E-state index contributed by atoms with van der Waals surface area (Å²) in [5, 5.41) is 0. The first-order valence-corrected chi connectivity index (χ1v) is 8.17. The number of hydrogen-bond donors (Lipinski definition) is 1. The lowest BCUT2D eigenvalue weighted by Gasteiger charge is -2.17. The van der Waals surface area contributed by atoms with Gasteiger partial charge in [-0.1, -0.05) is 6.07 Å². The number of rotatable bonds is 5. The second kappa shape index (κ2) is 5.79. The molecule has 0 aliphatic carbocycles. The molecule has 2 rings (SSSR count). The predicted octanol–water partition coefficient (Wildman–Crippen LogP) is 1.79. The van der Waals surface area contributed by atoms with E-state index in [1.54, 1.807) is 29.2 Å². The molecule has 19 heavy (non-hydrogen) atoms. The van der Waals surface area contributed by atoms with Crippen LogP contribution in [0.1, 0.15) is 12.8 Å². The standard InChI is InChI=1S/C12H15ClN2O3S/c13-6-8-19(17,18)14-10-3-1-4-11(9-10)15-7-2-5-12(15)16/h1,3-4,9,14H,2,5-8H2. The van der Waals surface area contributed by atoms with Gasteiger partial charge in [-0.3, -0.25) is 9.52 Å². The van der Waals surface area contributed by atoms with Crippen LogP contribution in [0.25, 0.3) is 0 Å².